The topological polar surface area (TPSA) is 12.0 Å². The molecule has 0 aliphatic heterocycles. The van der Waals surface area contributed by atoms with Gasteiger partial charge in [0.25, 0.3) is 0 Å². The Hall–Kier alpha value is -1.26. The molecule has 74 valence electrons. The minimum absolute atomic E-state index is 0.390. The highest BCUT2D eigenvalue weighted by molar-refractivity contribution is 5.26. The van der Waals surface area contributed by atoms with E-state index in [1.807, 2.05) is 7.05 Å². The van der Waals surface area contributed by atoms with E-state index in [2.05, 4.69) is 42.4 Å². The van der Waals surface area contributed by atoms with Crippen LogP contribution in [0, 0.1) is 19.3 Å². The van der Waals surface area contributed by atoms with Crippen molar-refractivity contribution >= 4 is 0 Å². The molecule has 1 aromatic rings. The maximum absolute atomic E-state index is 5.31. The summed E-state index contributed by atoms with van der Waals surface area (Å²) in [5.74, 6) is 2.70. The highest BCUT2D eigenvalue weighted by Gasteiger charge is 2.06. The number of hydrogen-bond acceptors (Lipinski definition) is 1. The van der Waals surface area contributed by atoms with Gasteiger partial charge in [-0.2, -0.15) is 0 Å². The van der Waals surface area contributed by atoms with Gasteiger partial charge in [0.2, 0.25) is 0 Å². The van der Waals surface area contributed by atoms with Gasteiger partial charge in [0.05, 0.1) is 0 Å². The number of terminal acetylenes is 1. The summed E-state index contributed by atoms with van der Waals surface area (Å²) >= 11 is 0. The van der Waals surface area contributed by atoms with Crippen LogP contribution in [0.25, 0.3) is 0 Å². The molecule has 0 heterocycles. The molecule has 1 atom stereocenters. The van der Waals surface area contributed by atoms with Crippen molar-refractivity contribution in [3.63, 3.8) is 0 Å². The van der Waals surface area contributed by atoms with Crippen LogP contribution in [0.15, 0.2) is 24.3 Å². The second kappa shape index (κ2) is 5.47. The van der Waals surface area contributed by atoms with Crippen LogP contribution in [0.4, 0.5) is 0 Å². The molecule has 0 aliphatic carbocycles. The summed E-state index contributed by atoms with van der Waals surface area (Å²) in [6.45, 7) is 2.14. The van der Waals surface area contributed by atoms with E-state index >= 15 is 0 Å². The number of likely N-dealkylation sites (N-methyl/N-ethyl adjacent to an activating group) is 1. The quantitative estimate of drug-likeness (QED) is 0.712. The Kier molecular flexibility index (Phi) is 4.22. The lowest BCUT2D eigenvalue weighted by Gasteiger charge is -2.14. The summed E-state index contributed by atoms with van der Waals surface area (Å²) in [4.78, 5) is 0. The first-order valence-corrected chi connectivity index (χ1v) is 4.93. The molecule has 0 fully saturated rings. The van der Waals surface area contributed by atoms with E-state index in [4.69, 9.17) is 6.42 Å². The average molecular weight is 187 g/mol. The largest absolute Gasteiger partial charge is 0.316 e. The summed E-state index contributed by atoms with van der Waals surface area (Å²) < 4.78 is 0. The van der Waals surface area contributed by atoms with Gasteiger partial charge in [-0.3, -0.25) is 0 Å². The van der Waals surface area contributed by atoms with Crippen LogP contribution >= 0.6 is 0 Å². The van der Waals surface area contributed by atoms with E-state index < -0.39 is 0 Å². The fraction of sp³-hybridized carbons (Fsp3) is 0.385. The lowest BCUT2D eigenvalue weighted by atomic mass is 10.00. The molecular formula is C13H17N. The van der Waals surface area contributed by atoms with Crippen molar-refractivity contribution in [2.75, 3.05) is 7.05 Å². The monoisotopic (exact) mass is 187 g/mol. The fourth-order valence-electron chi connectivity index (χ4n) is 1.52. The average Bonchev–Trinajstić information content (AvgIpc) is 2.20. The van der Waals surface area contributed by atoms with E-state index in [0.717, 1.165) is 12.8 Å². The molecule has 1 nitrogen and oxygen atoms in total. The molecule has 1 unspecified atom stereocenters. The third-order valence-electron chi connectivity index (χ3n) is 2.50. The summed E-state index contributed by atoms with van der Waals surface area (Å²) in [6.07, 6.45) is 7.10. The Balaban J connectivity index is 2.68. The van der Waals surface area contributed by atoms with Gasteiger partial charge in [-0.05, 0) is 31.5 Å². The standard InChI is InChI=1S/C13H17N/c1-4-7-13(14-3)10-12-9-6-5-8-11(12)2/h1,5-6,8-9,13-14H,7,10H2,2-3H3. The maximum atomic E-state index is 5.31. The van der Waals surface area contributed by atoms with E-state index in [0.29, 0.717) is 6.04 Å². The Labute approximate surface area is 86.5 Å². The Morgan fingerprint density at radius 2 is 2.14 bits per heavy atom. The Morgan fingerprint density at radius 3 is 2.71 bits per heavy atom. The van der Waals surface area contributed by atoms with Crippen molar-refractivity contribution in [1.82, 2.24) is 5.32 Å². The van der Waals surface area contributed by atoms with Crippen molar-refractivity contribution < 1.29 is 0 Å². The lowest BCUT2D eigenvalue weighted by Crippen LogP contribution is -2.27. The third kappa shape index (κ3) is 2.90. The van der Waals surface area contributed by atoms with Crippen molar-refractivity contribution in [2.45, 2.75) is 25.8 Å². The molecule has 1 rings (SSSR count). The highest BCUT2D eigenvalue weighted by Crippen LogP contribution is 2.10. The van der Waals surface area contributed by atoms with E-state index in [-0.39, 0.29) is 0 Å². The number of hydrogen-bond donors (Lipinski definition) is 1. The number of rotatable bonds is 4. The van der Waals surface area contributed by atoms with Crippen LogP contribution in [0.2, 0.25) is 0 Å². The molecule has 0 aliphatic rings. The molecule has 0 saturated carbocycles. The van der Waals surface area contributed by atoms with Gasteiger partial charge >= 0.3 is 0 Å². The summed E-state index contributed by atoms with van der Waals surface area (Å²) in [5.41, 5.74) is 2.71. The molecule has 0 amide bonds. The zero-order valence-electron chi connectivity index (χ0n) is 8.88. The van der Waals surface area contributed by atoms with Crippen molar-refractivity contribution in [1.29, 1.82) is 0 Å². The predicted molar refractivity (Wildman–Crippen MR) is 61.2 cm³/mol. The minimum Gasteiger partial charge on any atom is -0.316 e. The smallest absolute Gasteiger partial charge is 0.0243 e. The first kappa shape index (κ1) is 10.8. The number of benzene rings is 1. The SMILES string of the molecule is C#CCC(Cc1ccccc1C)NC. The molecule has 0 bridgehead atoms. The third-order valence-corrected chi connectivity index (χ3v) is 2.50. The van der Waals surface area contributed by atoms with Gasteiger partial charge in [0.1, 0.15) is 0 Å². The normalized spacial score (nSPS) is 12.1. The van der Waals surface area contributed by atoms with Crippen LogP contribution < -0.4 is 5.32 Å². The summed E-state index contributed by atoms with van der Waals surface area (Å²) in [6, 6.07) is 8.83. The van der Waals surface area contributed by atoms with Crippen molar-refractivity contribution in [3.8, 4) is 12.3 Å². The summed E-state index contributed by atoms with van der Waals surface area (Å²) in [7, 11) is 1.96. The van der Waals surface area contributed by atoms with Gasteiger partial charge in [-0.15, -0.1) is 12.3 Å². The lowest BCUT2D eigenvalue weighted by molar-refractivity contribution is 0.572. The van der Waals surface area contributed by atoms with Crippen LogP contribution in [-0.4, -0.2) is 13.1 Å². The van der Waals surface area contributed by atoms with Gasteiger partial charge in [-0.1, -0.05) is 24.3 Å². The Bertz CT molecular complexity index is 322. The van der Waals surface area contributed by atoms with E-state index in [1.165, 1.54) is 11.1 Å². The fourth-order valence-corrected chi connectivity index (χ4v) is 1.52. The second-order valence-corrected chi connectivity index (χ2v) is 3.52. The molecule has 0 radical (unpaired) electrons. The van der Waals surface area contributed by atoms with Crippen LogP contribution in [0.1, 0.15) is 17.5 Å². The van der Waals surface area contributed by atoms with Gasteiger partial charge in [0.15, 0.2) is 0 Å². The van der Waals surface area contributed by atoms with Gasteiger partial charge < -0.3 is 5.32 Å². The first-order valence-electron chi connectivity index (χ1n) is 4.93. The van der Waals surface area contributed by atoms with Gasteiger partial charge in [-0.25, -0.2) is 0 Å². The summed E-state index contributed by atoms with van der Waals surface area (Å²) in [5, 5.41) is 3.24. The molecule has 0 spiro atoms. The number of nitrogens with one attached hydrogen (secondary N) is 1. The first-order chi connectivity index (χ1) is 6.77. The molecule has 1 aromatic carbocycles. The van der Waals surface area contributed by atoms with Crippen LogP contribution in [-0.2, 0) is 6.42 Å². The molecule has 0 aromatic heterocycles. The maximum Gasteiger partial charge on any atom is 0.0243 e. The minimum atomic E-state index is 0.390. The molecule has 0 saturated heterocycles. The van der Waals surface area contributed by atoms with Crippen molar-refractivity contribution in [3.05, 3.63) is 35.4 Å². The van der Waals surface area contributed by atoms with Crippen LogP contribution in [0.5, 0.6) is 0 Å². The Morgan fingerprint density at radius 1 is 1.43 bits per heavy atom. The molecular weight excluding hydrogens is 170 g/mol. The van der Waals surface area contributed by atoms with Crippen molar-refractivity contribution in [2.24, 2.45) is 0 Å². The molecule has 14 heavy (non-hydrogen) atoms. The van der Waals surface area contributed by atoms with E-state index in [1.54, 1.807) is 0 Å². The molecule has 1 heteroatoms. The zero-order chi connectivity index (χ0) is 10.4. The number of aryl methyl sites for hydroxylation is 1. The zero-order valence-corrected chi connectivity index (χ0v) is 8.88. The molecule has 1 N–H and O–H groups in total. The van der Waals surface area contributed by atoms with Crippen LogP contribution in [0.3, 0.4) is 0 Å². The second-order valence-electron chi connectivity index (χ2n) is 3.52. The van der Waals surface area contributed by atoms with Gasteiger partial charge in [0, 0.05) is 12.5 Å². The predicted octanol–water partition coefficient (Wildman–Crippen LogP) is 2.15. The van der Waals surface area contributed by atoms with E-state index in [9.17, 15) is 0 Å². The highest BCUT2D eigenvalue weighted by atomic mass is 14.9.